The van der Waals surface area contributed by atoms with Crippen LogP contribution in [0.5, 0.6) is 0 Å². The van der Waals surface area contributed by atoms with Gasteiger partial charge in [-0.05, 0) is 23.8 Å². The van der Waals surface area contributed by atoms with E-state index in [0.29, 0.717) is 13.2 Å². The maximum Gasteiger partial charge on any atom is 0.416 e. The van der Waals surface area contributed by atoms with Crippen molar-refractivity contribution in [3.05, 3.63) is 29.3 Å². The lowest BCUT2D eigenvalue weighted by Crippen LogP contribution is -2.30. The lowest BCUT2D eigenvalue weighted by Gasteiger charge is -2.16. The minimum atomic E-state index is -4.54. The number of hydrogen-bond acceptors (Lipinski definition) is 4. The summed E-state index contributed by atoms with van der Waals surface area (Å²) in [4.78, 5) is 25.7. The van der Waals surface area contributed by atoms with E-state index in [1.165, 1.54) is 18.1 Å². The van der Waals surface area contributed by atoms with Gasteiger partial charge in [0.1, 0.15) is 0 Å². The standard InChI is InChI=1S/C16H20F3N3O3/c1-25-3-2-22-9-11(6-14(22)23)15(24)21-13-5-10(8-20)4-12(7-13)16(17,18)19/h4-5,7,11H,2-3,6,8-9,20H2,1H3,(H,21,24). The molecule has 0 aromatic heterocycles. The fourth-order valence-electron chi connectivity index (χ4n) is 2.66. The molecule has 1 unspecified atom stereocenters. The van der Waals surface area contributed by atoms with Crippen LogP contribution in [-0.2, 0) is 27.0 Å². The van der Waals surface area contributed by atoms with Gasteiger partial charge in [0.25, 0.3) is 0 Å². The first kappa shape index (κ1) is 19.2. The molecule has 0 radical (unpaired) electrons. The van der Waals surface area contributed by atoms with Crippen molar-refractivity contribution in [1.29, 1.82) is 0 Å². The van der Waals surface area contributed by atoms with E-state index in [1.54, 1.807) is 0 Å². The van der Waals surface area contributed by atoms with Gasteiger partial charge in [-0.1, -0.05) is 0 Å². The van der Waals surface area contributed by atoms with E-state index in [1.807, 2.05) is 0 Å². The molecule has 25 heavy (non-hydrogen) atoms. The highest BCUT2D eigenvalue weighted by Gasteiger charge is 2.35. The summed E-state index contributed by atoms with van der Waals surface area (Å²) < 4.78 is 43.7. The number of methoxy groups -OCH3 is 1. The first-order valence-corrected chi connectivity index (χ1v) is 7.73. The van der Waals surface area contributed by atoms with Gasteiger partial charge in [0.2, 0.25) is 11.8 Å². The van der Waals surface area contributed by atoms with E-state index in [2.05, 4.69) is 5.32 Å². The Balaban J connectivity index is 2.09. The average molecular weight is 359 g/mol. The maximum atomic E-state index is 12.9. The van der Waals surface area contributed by atoms with Crippen molar-refractivity contribution in [3.63, 3.8) is 0 Å². The van der Waals surface area contributed by atoms with Gasteiger partial charge in [0.05, 0.1) is 18.1 Å². The molecule has 2 rings (SSSR count). The van der Waals surface area contributed by atoms with Gasteiger partial charge in [-0.25, -0.2) is 0 Å². The molecule has 1 aliphatic heterocycles. The van der Waals surface area contributed by atoms with E-state index in [0.717, 1.165) is 12.1 Å². The quantitative estimate of drug-likeness (QED) is 0.808. The van der Waals surface area contributed by atoms with E-state index in [9.17, 15) is 22.8 Å². The summed E-state index contributed by atoms with van der Waals surface area (Å²) in [5.41, 5.74) is 4.82. The van der Waals surface area contributed by atoms with Crippen LogP contribution < -0.4 is 11.1 Å². The summed E-state index contributed by atoms with van der Waals surface area (Å²) in [6, 6.07) is 3.20. The van der Waals surface area contributed by atoms with E-state index >= 15 is 0 Å². The van der Waals surface area contributed by atoms with Crippen LogP contribution in [0.15, 0.2) is 18.2 Å². The SMILES string of the molecule is COCCN1CC(C(=O)Nc2cc(CN)cc(C(F)(F)F)c2)CC1=O. The number of anilines is 1. The number of nitrogens with two attached hydrogens (primary N) is 1. The Morgan fingerprint density at radius 2 is 2.12 bits per heavy atom. The minimum Gasteiger partial charge on any atom is -0.383 e. The van der Waals surface area contributed by atoms with Crippen LogP contribution in [0, 0.1) is 5.92 Å². The van der Waals surface area contributed by atoms with Gasteiger partial charge in [0, 0.05) is 38.9 Å². The number of ether oxygens (including phenoxy) is 1. The van der Waals surface area contributed by atoms with Crippen molar-refractivity contribution in [1.82, 2.24) is 4.90 Å². The second-order valence-corrected chi connectivity index (χ2v) is 5.84. The molecule has 138 valence electrons. The van der Waals surface area contributed by atoms with Gasteiger partial charge in [-0.15, -0.1) is 0 Å². The summed E-state index contributed by atoms with van der Waals surface area (Å²) in [5.74, 6) is -1.28. The van der Waals surface area contributed by atoms with Crippen molar-refractivity contribution >= 4 is 17.5 Å². The van der Waals surface area contributed by atoms with Crippen LogP contribution in [0.2, 0.25) is 0 Å². The van der Waals surface area contributed by atoms with Crippen LogP contribution in [-0.4, -0.2) is 43.5 Å². The zero-order valence-corrected chi connectivity index (χ0v) is 13.7. The third kappa shape index (κ3) is 4.93. The number of halogens is 3. The summed E-state index contributed by atoms with van der Waals surface area (Å²) in [6.07, 6.45) is -4.51. The molecule has 6 nitrogen and oxygen atoms in total. The van der Waals surface area contributed by atoms with Gasteiger partial charge >= 0.3 is 6.18 Å². The van der Waals surface area contributed by atoms with Crippen molar-refractivity contribution in [2.75, 3.05) is 32.1 Å². The van der Waals surface area contributed by atoms with Crippen LogP contribution in [0.1, 0.15) is 17.5 Å². The smallest absolute Gasteiger partial charge is 0.383 e. The Bertz CT molecular complexity index is 649. The molecule has 0 bridgehead atoms. The Morgan fingerprint density at radius 1 is 1.40 bits per heavy atom. The van der Waals surface area contributed by atoms with Crippen molar-refractivity contribution in [2.24, 2.45) is 11.7 Å². The van der Waals surface area contributed by atoms with E-state index < -0.39 is 23.6 Å². The molecule has 0 spiro atoms. The van der Waals surface area contributed by atoms with Crippen molar-refractivity contribution in [3.8, 4) is 0 Å². The maximum absolute atomic E-state index is 12.9. The molecule has 1 heterocycles. The Labute approximate surface area is 143 Å². The van der Waals surface area contributed by atoms with Gasteiger partial charge in [-0.3, -0.25) is 9.59 Å². The largest absolute Gasteiger partial charge is 0.416 e. The van der Waals surface area contributed by atoms with E-state index in [-0.39, 0.29) is 36.7 Å². The number of likely N-dealkylation sites (tertiary alicyclic amines) is 1. The topological polar surface area (TPSA) is 84.7 Å². The predicted octanol–water partition coefficient (Wildman–Crippen LogP) is 1.60. The Morgan fingerprint density at radius 3 is 2.72 bits per heavy atom. The number of amides is 2. The molecule has 0 saturated carbocycles. The number of rotatable bonds is 6. The highest BCUT2D eigenvalue weighted by Crippen LogP contribution is 2.32. The molecule has 9 heteroatoms. The molecule has 1 atom stereocenters. The molecule has 2 amide bonds. The van der Waals surface area contributed by atoms with Crippen LogP contribution in [0.3, 0.4) is 0 Å². The molecule has 0 aliphatic carbocycles. The fourth-order valence-corrected chi connectivity index (χ4v) is 2.66. The van der Waals surface area contributed by atoms with Crippen LogP contribution in [0.25, 0.3) is 0 Å². The number of hydrogen-bond donors (Lipinski definition) is 2. The molecule has 1 aliphatic rings. The third-order valence-corrected chi connectivity index (χ3v) is 3.97. The average Bonchev–Trinajstić information content (AvgIpc) is 2.92. The lowest BCUT2D eigenvalue weighted by molar-refractivity contribution is -0.137. The molecule has 1 aromatic carbocycles. The second-order valence-electron chi connectivity index (χ2n) is 5.84. The number of nitrogens with one attached hydrogen (secondary N) is 1. The summed E-state index contributed by atoms with van der Waals surface area (Å²) in [5, 5.41) is 2.46. The Hall–Kier alpha value is -2.13. The molecular weight excluding hydrogens is 339 g/mol. The fraction of sp³-hybridized carbons (Fsp3) is 0.500. The minimum absolute atomic E-state index is 0.0167. The highest BCUT2D eigenvalue weighted by molar-refractivity contribution is 5.97. The molecule has 1 aromatic rings. The number of carbonyl (C=O) groups excluding carboxylic acids is 2. The number of carbonyl (C=O) groups is 2. The number of nitrogens with zero attached hydrogens (tertiary/aromatic N) is 1. The monoisotopic (exact) mass is 359 g/mol. The number of benzene rings is 1. The van der Waals surface area contributed by atoms with Gasteiger partial charge in [-0.2, -0.15) is 13.2 Å². The lowest BCUT2D eigenvalue weighted by atomic mass is 10.1. The van der Waals surface area contributed by atoms with E-state index in [4.69, 9.17) is 10.5 Å². The summed E-state index contributed by atoms with van der Waals surface area (Å²) in [6.45, 7) is 0.865. The molecule has 1 fully saturated rings. The van der Waals surface area contributed by atoms with Gasteiger partial charge < -0.3 is 20.7 Å². The normalized spacial score (nSPS) is 17.9. The van der Waals surface area contributed by atoms with Crippen LogP contribution in [0.4, 0.5) is 18.9 Å². The summed E-state index contributed by atoms with van der Waals surface area (Å²) >= 11 is 0. The Kier molecular flexibility index (Phi) is 6.02. The molecule has 3 N–H and O–H groups in total. The predicted molar refractivity (Wildman–Crippen MR) is 84.5 cm³/mol. The van der Waals surface area contributed by atoms with Crippen molar-refractivity contribution < 1.29 is 27.5 Å². The molecule has 1 saturated heterocycles. The first-order chi connectivity index (χ1) is 11.7. The zero-order chi connectivity index (χ0) is 18.6. The summed E-state index contributed by atoms with van der Waals surface area (Å²) in [7, 11) is 1.51. The van der Waals surface area contributed by atoms with Crippen molar-refractivity contribution in [2.45, 2.75) is 19.1 Å². The molecular formula is C16H20F3N3O3. The second kappa shape index (κ2) is 7.83. The highest BCUT2D eigenvalue weighted by atomic mass is 19.4. The first-order valence-electron chi connectivity index (χ1n) is 7.73. The van der Waals surface area contributed by atoms with Gasteiger partial charge in [0.15, 0.2) is 0 Å². The van der Waals surface area contributed by atoms with Crippen LogP contribution >= 0.6 is 0 Å². The number of alkyl halides is 3. The zero-order valence-electron chi connectivity index (χ0n) is 13.7. The third-order valence-electron chi connectivity index (χ3n) is 3.97.